The Labute approximate surface area is 143 Å². The fourth-order valence-corrected chi connectivity index (χ4v) is 2.15. The van der Waals surface area contributed by atoms with Gasteiger partial charge in [-0.1, -0.05) is 17.7 Å². The van der Waals surface area contributed by atoms with E-state index in [1.807, 2.05) is 0 Å². The van der Waals surface area contributed by atoms with Gasteiger partial charge < -0.3 is 19.5 Å². The van der Waals surface area contributed by atoms with Crippen LogP contribution in [0.3, 0.4) is 0 Å². The number of ether oxygens (including phenoxy) is 3. The van der Waals surface area contributed by atoms with Crippen LogP contribution in [0.1, 0.15) is 21.0 Å². The van der Waals surface area contributed by atoms with Crippen LogP contribution in [0, 0.1) is 0 Å². The maximum absolute atomic E-state index is 12.4. The maximum Gasteiger partial charge on any atom is 0.356 e. The third kappa shape index (κ3) is 3.75. The highest BCUT2D eigenvalue weighted by Crippen LogP contribution is 2.36. The number of amides is 1. The molecular weight excluding hydrogens is 336 g/mol. The number of nitrogens with one attached hydrogen (secondary N) is 1. The Morgan fingerprint density at radius 3 is 2.33 bits per heavy atom. The number of methoxy groups -OCH3 is 3. The molecule has 0 unspecified atom stereocenters. The van der Waals surface area contributed by atoms with E-state index in [-0.39, 0.29) is 11.4 Å². The minimum atomic E-state index is -0.629. The van der Waals surface area contributed by atoms with Gasteiger partial charge in [-0.15, -0.1) is 0 Å². The molecule has 0 saturated heterocycles. The van der Waals surface area contributed by atoms with E-state index in [0.29, 0.717) is 22.2 Å². The molecule has 0 aliphatic heterocycles. The molecule has 0 aliphatic carbocycles. The van der Waals surface area contributed by atoms with E-state index in [9.17, 15) is 9.59 Å². The van der Waals surface area contributed by atoms with Crippen LogP contribution in [0.2, 0.25) is 5.02 Å². The van der Waals surface area contributed by atoms with E-state index in [1.165, 1.54) is 51.7 Å². The number of nitrogens with zero attached hydrogens (tertiary/aromatic N) is 1. The molecule has 1 aromatic carbocycles. The number of anilines is 1. The lowest BCUT2D eigenvalue weighted by Gasteiger charge is -2.13. The van der Waals surface area contributed by atoms with Crippen molar-refractivity contribution in [1.29, 1.82) is 0 Å². The zero-order valence-electron chi connectivity index (χ0n) is 13.3. The highest BCUT2D eigenvalue weighted by molar-refractivity contribution is 6.32. The van der Waals surface area contributed by atoms with Gasteiger partial charge in [0.2, 0.25) is 0 Å². The van der Waals surface area contributed by atoms with Crippen molar-refractivity contribution in [3.8, 4) is 11.5 Å². The van der Waals surface area contributed by atoms with Crippen LogP contribution in [0.25, 0.3) is 0 Å². The largest absolute Gasteiger partial charge is 0.495 e. The molecule has 1 heterocycles. The summed E-state index contributed by atoms with van der Waals surface area (Å²) in [6.07, 6.45) is 0. The number of halogens is 1. The van der Waals surface area contributed by atoms with E-state index >= 15 is 0 Å². The van der Waals surface area contributed by atoms with Crippen LogP contribution in [0.15, 0.2) is 30.3 Å². The number of pyridine rings is 1. The Morgan fingerprint density at radius 2 is 1.71 bits per heavy atom. The smallest absolute Gasteiger partial charge is 0.356 e. The van der Waals surface area contributed by atoms with Crippen molar-refractivity contribution in [2.75, 3.05) is 26.6 Å². The molecule has 0 atom stereocenters. The lowest BCUT2D eigenvalue weighted by molar-refractivity contribution is 0.0594. The number of carbonyl (C=O) groups excluding carboxylic acids is 2. The van der Waals surface area contributed by atoms with Crippen LogP contribution in [-0.2, 0) is 4.74 Å². The number of aromatic nitrogens is 1. The summed E-state index contributed by atoms with van der Waals surface area (Å²) in [6, 6.07) is 7.52. The average molecular weight is 351 g/mol. The third-order valence-electron chi connectivity index (χ3n) is 3.10. The molecule has 2 aromatic rings. The molecule has 7 nitrogen and oxygen atoms in total. The first kappa shape index (κ1) is 17.6. The number of benzene rings is 1. The van der Waals surface area contributed by atoms with Gasteiger partial charge in [-0.25, -0.2) is 9.78 Å². The first-order chi connectivity index (χ1) is 11.5. The average Bonchev–Trinajstić information content (AvgIpc) is 2.62. The van der Waals surface area contributed by atoms with E-state index in [0.717, 1.165) is 0 Å². The van der Waals surface area contributed by atoms with Crippen LogP contribution in [0.4, 0.5) is 5.69 Å². The predicted molar refractivity (Wildman–Crippen MR) is 88.1 cm³/mol. The van der Waals surface area contributed by atoms with E-state index in [1.54, 1.807) is 0 Å². The zero-order chi connectivity index (χ0) is 17.7. The third-order valence-corrected chi connectivity index (χ3v) is 3.39. The van der Waals surface area contributed by atoms with Gasteiger partial charge in [0.25, 0.3) is 5.91 Å². The van der Waals surface area contributed by atoms with Gasteiger partial charge in [-0.05, 0) is 12.1 Å². The Bertz CT molecular complexity index is 779. The Morgan fingerprint density at radius 1 is 1.04 bits per heavy atom. The summed E-state index contributed by atoms with van der Waals surface area (Å²) in [7, 11) is 4.15. The van der Waals surface area contributed by atoms with Crippen LogP contribution < -0.4 is 14.8 Å². The van der Waals surface area contributed by atoms with Gasteiger partial charge in [0.05, 0.1) is 32.0 Å². The summed E-state index contributed by atoms with van der Waals surface area (Å²) in [5.41, 5.74) is 0.439. The first-order valence-electron chi connectivity index (χ1n) is 6.78. The Balaban J connectivity index is 2.31. The molecule has 0 aliphatic rings. The van der Waals surface area contributed by atoms with Crippen molar-refractivity contribution in [3.05, 3.63) is 46.7 Å². The van der Waals surface area contributed by atoms with E-state index in [4.69, 9.17) is 21.1 Å². The SMILES string of the molecule is COC(=O)c1cccc(C(=O)Nc2cc(OC)c(Cl)cc2OC)n1. The highest BCUT2D eigenvalue weighted by Gasteiger charge is 2.16. The van der Waals surface area contributed by atoms with Gasteiger partial charge in [0.1, 0.15) is 22.9 Å². The molecule has 0 fully saturated rings. The molecule has 0 spiro atoms. The minimum Gasteiger partial charge on any atom is -0.495 e. The van der Waals surface area contributed by atoms with E-state index < -0.39 is 11.9 Å². The summed E-state index contributed by atoms with van der Waals surface area (Å²) in [5.74, 6) is -0.416. The number of rotatable bonds is 5. The quantitative estimate of drug-likeness (QED) is 0.834. The zero-order valence-corrected chi connectivity index (χ0v) is 14.0. The molecule has 1 amide bonds. The van der Waals surface area contributed by atoms with Gasteiger partial charge in [0.15, 0.2) is 0 Å². The second-order valence-corrected chi connectivity index (χ2v) is 4.95. The fraction of sp³-hybridized carbons (Fsp3) is 0.188. The molecule has 0 saturated carbocycles. The van der Waals surface area contributed by atoms with Crippen molar-refractivity contribution < 1.29 is 23.8 Å². The number of esters is 1. The summed E-state index contributed by atoms with van der Waals surface area (Å²) in [6.45, 7) is 0. The van der Waals surface area contributed by atoms with Crippen LogP contribution >= 0.6 is 11.6 Å². The lowest BCUT2D eigenvalue weighted by Crippen LogP contribution is -2.16. The summed E-state index contributed by atoms with van der Waals surface area (Å²) >= 11 is 6.02. The van der Waals surface area contributed by atoms with Crippen LogP contribution in [-0.4, -0.2) is 38.2 Å². The van der Waals surface area contributed by atoms with Gasteiger partial charge in [-0.3, -0.25) is 4.79 Å². The fourth-order valence-electron chi connectivity index (χ4n) is 1.92. The summed E-state index contributed by atoms with van der Waals surface area (Å²) < 4.78 is 14.9. The molecule has 8 heteroatoms. The predicted octanol–water partition coefficient (Wildman–Crippen LogP) is 2.79. The summed E-state index contributed by atoms with van der Waals surface area (Å²) in [4.78, 5) is 27.8. The molecule has 2 rings (SSSR count). The van der Waals surface area contributed by atoms with Crippen molar-refractivity contribution in [2.24, 2.45) is 0 Å². The first-order valence-corrected chi connectivity index (χ1v) is 7.16. The van der Waals surface area contributed by atoms with Crippen molar-refractivity contribution in [1.82, 2.24) is 4.98 Å². The van der Waals surface area contributed by atoms with Gasteiger partial charge in [-0.2, -0.15) is 0 Å². The monoisotopic (exact) mass is 350 g/mol. The number of hydrogen-bond acceptors (Lipinski definition) is 6. The van der Waals surface area contributed by atoms with Crippen molar-refractivity contribution >= 4 is 29.2 Å². The van der Waals surface area contributed by atoms with E-state index in [2.05, 4.69) is 15.0 Å². The molecule has 126 valence electrons. The highest BCUT2D eigenvalue weighted by atomic mass is 35.5. The Kier molecular flexibility index (Phi) is 5.59. The standard InChI is InChI=1S/C16H15ClN2O5/c1-22-13-8-12(14(23-2)7-9(13)17)19-15(20)10-5-4-6-11(18-10)16(21)24-3/h4-8H,1-3H3,(H,19,20). The van der Waals surface area contributed by atoms with Crippen molar-refractivity contribution in [3.63, 3.8) is 0 Å². The molecule has 1 N–H and O–H groups in total. The molecule has 0 bridgehead atoms. The topological polar surface area (TPSA) is 86.8 Å². The van der Waals surface area contributed by atoms with Crippen molar-refractivity contribution in [2.45, 2.75) is 0 Å². The molecule has 24 heavy (non-hydrogen) atoms. The normalized spacial score (nSPS) is 10.0. The van der Waals surface area contributed by atoms with Gasteiger partial charge >= 0.3 is 5.97 Å². The summed E-state index contributed by atoms with van der Waals surface area (Å²) in [5, 5.41) is 2.99. The number of hydrogen-bond donors (Lipinski definition) is 1. The number of carbonyl (C=O) groups is 2. The lowest BCUT2D eigenvalue weighted by atomic mass is 10.2. The van der Waals surface area contributed by atoms with Gasteiger partial charge in [0, 0.05) is 12.1 Å². The second kappa shape index (κ2) is 7.65. The van der Waals surface area contributed by atoms with Crippen LogP contribution in [0.5, 0.6) is 11.5 Å². The molecule has 1 aromatic heterocycles. The second-order valence-electron chi connectivity index (χ2n) is 4.54. The minimum absolute atomic E-state index is 0.0331. The Hall–Kier alpha value is -2.80. The molecule has 0 radical (unpaired) electrons. The molecular formula is C16H15ClN2O5. The maximum atomic E-state index is 12.4.